The third-order valence-corrected chi connectivity index (χ3v) is 4.28. The fourth-order valence-corrected chi connectivity index (χ4v) is 3.08. The summed E-state index contributed by atoms with van der Waals surface area (Å²) in [7, 11) is 0. The van der Waals surface area contributed by atoms with E-state index in [9.17, 15) is 19.7 Å². The Kier molecular flexibility index (Phi) is 5.07. The van der Waals surface area contributed by atoms with E-state index in [2.05, 4.69) is 0 Å². The molecule has 0 saturated carbocycles. The van der Waals surface area contributed by atoms with E-state index in [1.165, 1.54) is 36.6 Å². The van der Waals surface area contributed by atoms with E-state index in [0.717, 1.165) is 0 Å². The van der Waals surface area contributed by atoms with Crippen LogP contribution in [0.5, 0.6) is 0 Å². The lowest BCUT2D eigenvalue weighted by atomic mass is 9.85. The van der Waals surface area contributed by atoms with Crippen molar-refractivity contribution in [2.24, 2.45) is 0 Å². The quantitative estimate of drug-likeness (QED) is 0.331. The molecule has 27 heavy (non-hydrogen) atoms. The zero-order valence-corrected chi connectivity index (χ0v) is 14.7. The number of nitro benzene ring substituents is 1. The second-order valence-corrected chi connectivity index (χ2v) is 5.90. The molecule has 1 aliphatic heterocycles. The number of Topliss-reactive ketones (excluding diaryl/α,β-unsaturated/α-hetero) is 1. The second-order valence-electron chi connectivity index (χ2n) is 5.90. The summed E-state index contributed by atoms with van der Waals surface area (Å²) in [6.07, 6.45) is 0.340. The Labute approximate surface area is 154 Å². The first kappa shape index (κ1) is 18.4. The van der Waals surface area contributed by atoms with Crippen LogP contribution in [-0.2, 0) is 14.3 Å². The lowest BCUT2D eigenvalue weighted by molar-refractivity contribution is -0.384. The van der Waals surface area contributed by atoms with Gasteiger partial charge in [-0.3, -0.25) is 14.9 Å². The number of allylic oxidation sites excluding steroid dienone is 1. The molecule has 2 unspecified atom stereocenters. The lowest BCUT2D eigenvalue weighted by Crippen LogP contribution is -2.29. The molecule has 0 N–H and O–H groups in total. The number of nitrogens with zero attached hydrogens (tertiary/aromatic N) is 1. The summed E-state index contributed by atoms with van der Waals surface area (Å²) < 4.78 is 16.0. The van der Waals surface area contributed by atoms with Crippen molar-refractivity contribution in [3.05, 3.63) is 75.4 Å². The Balaban J connectivity index is 2.03. The zero-order valence-electron chi connectivity index (χ0n) is 14.7. The van der Waals surface area contributed by atoms with E-state index in [0.29, 0.717) is 5.56 Å². The number of carbonyl (C=O) groups is 2. The summed E-state index contributed by atoms with van der Waals surface area (Å²) in [5.41, 5.74) is 0.658. The predicted octanol–water partition coefficient (Wildman–Crippen LogP) is 3.39. The highest BCUT2D eigenvalue weighted by atomic mass is 16.6. The number of ether oxygens (including phenoxy) is 2. The highest BCUT2D eigenvalue weighted by Gasteiger charge is 2.45. The van der Waals surface area contributed by atoms with Crippen LogP contribution >= 0.6 is 0 Å². The largest absolute Gasteiger partial charge is 0.485 e. The molecule has 8 nitrogen and oxygen atoms in total. The fraction of sp³-hybridized carbons (Fsp3) is 0.263. The Bertz CT molecular complexity index is 897. The fourth-order valence-electron chi connectivity index (χ4n) is 3.08. The van der Waals surface area contributed by atoms with Gasteiger partial charge in [0.05, 0.1) is 29.3 Å². The molecule has 0 spiro atoms. The summed E-state index contributed by atoms with van der Waals surface area (Å²) in [5.74, 6) is -1.40. The van der Waals surface area contributed by atoms with Crippen LogP contribution < -0.4 is 0 Å². The number of hydrogen-bond acceptors (Lipinski definition) is 7. The van der Waals surface area contributed by atoms with Gasteiger partial charge in [0.2, 0.25) is 5.78 Å². The Morgan fingerprint density at radius 2 is 1.93 bits per heavy atom. The molecule has 2 heterocycles. The van der Waals surface area contributed by atoms with E-state index in [1.54, 1.807) is 19.9 Å². The molecule has 0 amide bonds. The summed E-state index contributed by atoms with van der Waals surface area (Å²) in [6, 6.07) is 8.74. The summed E-state index contributed by atoms with van der Waals surface area (Å²) in [5, 5.41) is 10.9. The Morgan fingerprint density at radius 3 is 2.48 bits per heavy atom. The van der Waals surface area contributed by atoms with E-state index >= 15 is 0 Å². The molecular weight excluding hydrogens is 354 g/mol. The maximum absolute atomic E-state index is 12.8. The third kappa shape index (κ3) is 3.46. The van der Waals surface area contributed by atoms with Crippen LogP contribution in [0.3, 0.4) is 0 Å². The minimum absolute atomic E-state index is 0.0926. The van der Waals surface area contributed by atoms with Gasteiger partial charge in [-0.15, -0.1) is 0 Å². The number of benzene rings is 1. The highest BCUT2D eigenvalue weighted by molar-refractivity contribution is 6.01. The molecule has 0 aliphatic carbocycles. The first-order valence-corrected chi connectivity index (χ1v) is 8.30. The molecule has 2 atom stereocenters. The van der Waals surface area contributed by atoms with Crippen LogP contribution in [0.15, 0.2) is 58.4 Å². The number of nitro groups is 1. The molecule has 1 aromatic carbocycles. The molecule has 0 fully saturated rings. The van der Waals surface area contributed by atoms with Gasteiger partial charge in [0, 0.05) is 12.1 Å². The molecule has 1 aromatic heterocycles. The molecule has 0 saturated heterocycles. The van der Waals surface area contributed by atoms with Crippen molar-refractivity contribution in [2.45, 2.75) is 25.9 Å². The monoisotopic (exact) mass is 371 g/mol. The Hall–Kier alpha value is -3.42. The number of ketones is 1. The van der Waals surface area contributed by atoms with Gasteiger partial charge in [0.15, 0.2) is 11.9 Å². The smallest absolute Gasteiger partial charge is 0.338 e. The normalized spacial score (nSPS) is 18.9. The number of hydrogen-bond donors (Lipinski definition) is 0. The average Bonchev–Trinajstić information content (AvgIpc) is 3.29. The van der Waals surface area contributed by atoms with Crippen LogP contribution in [0, 0.1) is 10.1 Å². The number of esters is 1. The first-order chi connectivity index (χ1) is 12.9. The van der Waals surface area contributed by atoms with E-state index in [-0.39, 0.29) is 29.4 Å². The van der Waals surface area contributed by atoms with Crippen molar-refractivity contribution < 1.29 is 28.4 Å². The standard InChI is InChI=1S/C19H17NO7/c1-3-25-19(22)15-11(2)27-18(17(21)14-5-4-10-26-14)16(15)12-6-8-13(9-7-12)20(23)24/h4-10,16,18H,3H2,1-2H3. The minimum Gasteiger partial charge on any atom is -0.485 e. The molecular formula is C19H17NO7. The molecule has 140 valence electrons. The van der Waals surface area contributed by atoms with Crippen molar-refractivity contribution in [3.8, 4) is 0 Å². The van der Waals surface area contributed by atoms with Gasteiger partial charge >= 0.3 is 5.97 Å². The average molecular weight is 371 g/mol. The maximum Gasteiger partial charge on any atom is 0.338 e. The molecule has 2 aromatic rings. The molecule has 0 bridgehead atoms. The number of rotatable bonds is 6. The lowest BCUT2D eigenvalue weighted by Gasteiger charge is -2.19. The van der Waals surface area contributed by atoms with Crippen molar-refractivity contribution in [1.82, 2.24) is 0 Å². The van der Waals surface area contributed by atoms with Crippen LogP contribution in [0.25, 0.3) is 0 Å². The van der Waals surface area contributed by atoms with Crippen molar-refractivity contribution in [2.75, 3.05) is 6.61 Å². The highest BCUT2D eigenvalue weighted by Crippen LogP contribution is 2.41. The first-order valence-electron chi connectivity index (χ1n) is 8.30. The van der Waals surface area contributed by atoms with Crippen LogP contribution in [-0.4, -0.2) is 29.4 Å². The van der Waals surface area contributed by atoms with Gasteiger partial charge in [0.1, 0.15) is 5.76 Å². The van der Waals surface area contributed by atoms with Gasteiger partial charge in [-0.2, -0.15) is 0 Å². The van der Waals surface area contributed by atoms with Gasteiger partial charge in [0.25, 0.3) is 5.69 Å². The second kappa shape index (κ2) is 7.45. The summed E-state index contributed by atoms with van der Waals surface area (Å²) in [4.78, 5) is 35.7. The SMILES string of the molecule is CCOC(=O)C1=C(C)OC(C(=O)c2ccco2)C1c1ccc([N+](=O)[O-])cc1. The number of non-ortho nitro benzene ring substituents is 1. The molecule has 3 rings (SSSR count). The van der Waals surface area contributed by atoms with Gasteiger partial charge in [-0.25, -0.2) is 4.79 Å². The van der Waals surface area contributed by atoms with Gasteiger partial charge in [-0.1, -0.05) is 12.1 Å². The number of carbonyl (C=O) groups excluding carboxylic acids is 2. The number of furan rings is 1. The summed E-state index contributed by atoms with van der Waals surface area (Å²) >= 11 is 0. The van der Waals surface area contributed by atoms with E-state index in [4.69, 9.17) is 13.9 Å². The third-order valence-electron chi connectivity index (χ3n) is 4.28. The van der Waals surface area contributed by atoms with Crippen molar-refractivity contribution in [1.29, 1.82) is 0 Å². The van der Waals surface area contributed by atoms with Crippen LogP contribution in [0.4, 0.5) is 5.69 Å². The molecule has 1 aliphatic rings. The zero-order chi connectivity index (χ0) is 19.6. The van der Waals surface area contributed by atoms with Crippen LogP contribution in [0.2, 0.25) is 0 Å². The van der Waals surface area contributed by atoms with Crippen molar-refractivity contribution >= 4 is 17.4 Å². The van der Waals surface area contributed by atoms with Crippen LogP contribution in [0.1, 0.15) is 35.9 Å². The maximum atomic E-state index is 12.8. The van der Waals surface area contributed by atoms with Crippen molar-refractivity contribution in [3.63, 3.8) is 0 Å². The van der Waals surface area contributed by atoms with E-state index in [1.807, 2.05) is 0 Å². The minimum atomic E-state index is -1.03. The van der Waals surface area contributed by atoms with Gasteiger partial charge in [-0.05, 0) is 31.5 Å². The predicted molar refractivity (Wildman–Crippen MR) is 93.1 cm³/mol. The van der Waals surface area contributed by atoms with Gasteiger partial charge < -0.3 is 13.9 Å². The summed E-state index contributed by atoms with van der Waals surface area (Å²) in [6.45, 7) is 3.43. The molecule has 8 heteroatoms. The topological polar surface area (TPSA) is 109 Å². The molecule has 0 radical (unpaired) electrons. The van der Waals surface area contributed by atoms with E-state index < -0.39 is 28.7 Å². The Morgan fingerprint density at radius 1 is 1.22 bits per heavy atom.